The zero-order valence-corrected chi connectivity index (χ0v) is 18.1. The summed E-state index contributed by atoms with van der Waals surface area (Å²) in [6.07, 6.45) is 3.94. The third-order valence-electron chi connectivity index (χ3n) is 5.87. The van der Waals surface area contributed by atoms with Crippen LogP contribution >= 0.6 is 0 Å². The average Bonchev–Trinajstić information content (AvgIpc) is 3.47. The SMILES string of the molecule is Cc1cc(F)c(CN(C)C(=O)c2ccc(-c3ccccc3)c(OC3CC3)c2)c2[nH]ncc12. The second-order valence-electron chi connectivity index (χ2n) is 8.37. The highest BCUT2D eigenvalue weighted by molar-refractivity contribution is 5.96. The van der Waals surface area contributed by atoms with Gasteiger partial charge in [-0.2, -0.15) is 5.10 Å². The van der Waals surface area contributed by atoms with Crippen LogP contribution in [0.1, 0.15) is 34.3 Å². The Kier molecular flexibility index (Phi) is 5.13. The van der Waals surface area contributed by atoms with E-state index in [-0.39, 0.29) is 24.4 Å². The van der Waals surface area contributed by atoms with E-state index in [9.17, 15) is 9.18 Å². The predicted molar refractivity (Wildman–Crippen MR) is 122 cm³/mol. The van der Waals surface area contributed by atoms with Gasteiger partial charge in [-0.3, -0.25) is 9.89 Å². The predicted octanol–water partition coefficient (Wildman–Crippen LogP) is 5.49. The van der Waals surface area contributed by atoms with Gasteiger partial charge in [0.1, 0.15) is 11.6 Å². The van der Waals surface area contributed by atoms with Crippen LogP contribution in [0.4, 0.5) is 4.39 Å². The number of carbonyl (C=O) groups excluding carboxylic acids is 1. The molecule has 0 unspecified atom stereocenters. The van der Waals surface area contributed by atoms with Crippen LogP contribution in [0.5, 0.6) is 5.75 Å². The van der Waals surface area contributed by atoms with Gasteiger partial charge < -0.3 is 9.64 Å². The summed E-state index contributed by atoms with van der Waals surface area (Å²) in [5.41, 5.74) is 4.37. The standard InChI is InChI=1S/C26H24FN3O2/c1-16-12-23(27)22(25-21(16)14-28-29-25)15-30(2)26(31)18-8-11-20(17-6-4-3-5-7-17)24(13-18)32-19-9-10-19/h3-8,11-14,19H,9-10,15H2,1-2H3,(H,28,29). The highest BCUT2D eigenvalue weighted by Gasteiger charge is 2.26. The number of hydrogen-bond donors (Lipinski definition) is 1. The zero-order chi connectivity index (χ0) is 22.2. The number of carbonyl (C=O) groups is 1. The molecule has 1 aliphatic carbocycles. The second-order valence-corrected chi connectivity index (χ2v) is 8.37. The van der Waals surface area contributed by atoms with Crippen LogP contribution in [0, 0.1) is 12.7 Å². The van der Waals surface area contributed by atoms with Crippen molar-refractivity contribution in [2.24, 2.45) is 0 Å². The molecule has 5 nitrogen and oxygen atoms in total. The van der Waals surface area contributed by atoms with Crippen molar-refractivity contribution >= 4 is 16.8 Å². The van der Waals surface area contributed by atoms with Gasteiger partial charge >= 0.3 is 0 Å². The maximum absolute atomic E-state index is 14.7. The van der Waals surface area contributed by atoms with Crippen molar-refractivity contribution in [3.8, 4) is 16.9 Å². The monoisotopic (exact) mass is 429 g/mol. The largest absolute Gasteiger partial charge is 0.490 e. The molecule has 0 atom stereocenters. The maximum Gasteiger partial charge on any atom is 0.254 e. The minimum Gasteiger partial charge on any atom is -0.490 e. The van der Waals surface area contributed by atoms with E-state index in [2.05, 4.69) is 10.2 Å². The summed E-state index contributed by atoms with van der Waals surface area (Å²) in [4.78, 5) is 14.7. The third-order valence-corrected chi connectivity index (χ3v) is 5.87. The van der Waals surface area contributed by atoms with Crippen LogP contribution < -0.4 is 4.74 Å². The van der Waals surface area contributed by atoms with Gasteiger partial charge in [-0.15, -0.1) is 0 Å². The van der Waals surface area contributed by atoms with Crippen LogP contribution in [0.3, 0.4) is 0 Å². The van der Waals surface area contributed by atoms with E-state index in [1.165, 1.54) is 11.0 Å². The number of hydrogen-bond acceptors (Lipinski definition) is 3. The van der Waals surface area contributed by atoms with Gasteiger partial charge in [0, 0.05) is 29.1 Å². The molecule has 1 heterocycles. The molecule has 1 N–H and O–H groups in total. The van der Waals surface area contributed by atoms with E-state index in [1.54, 1.807) is 25.4 Å². The Balaban J connectivity index is 1.44. The smallest absolute Gasteiger partial charge is 0.254 e. The van der Waals surface area contributed by atoms with Crippen molar-refractivity contribution in [3.05, 3.63) is 83.3 Å². The lowest BCUT2D eigenvalue weighted by molar-refractivity contribution is 0.0784. The van der Waals surface area contributed by atoms with Crippen LogP contribution in [0.25, 0.3) is 22.0 Å². The molecule has 5 rings (SSSR count). The topological polar surface area (TPSA) is 58.2 Å². The lowest BCUT2D eigenvalue weighted by Gasteiger charge is -2.20. The number of aromatic nitrogens is 2. The molecule has 162 valence electrons. The van der Waals surface area contributed by atoms with Gasteiger partial charge in [0.15, 0.2) is 0 Å². The molecule has 0 spiro atoms. The number of amides is 1. The van der Waals surface area contributed by atoms with Crippen LogP contribution in [-0.4, -0.2) is 34.2 Å². The van der Waals surface area contributed by atoms with Crippen molar-refractivity contribution in [2.75, 3.05) is 7.05 Å². The number of ether oxygens (including phenoxy) is 1. The highest BCUT2D eigenvalue weighted by Crippen LogP contribution is 2.36. The molecule has 4 aromatic rings. The van der Waals surface area contributed by atoms with Crippen LogP contribution in [-0.2, 0) is 6.54 Å². The summed E-state index contributed by atoms with van der Waals surface area (Å²) in [5.74, 6) is 0.157. The number of nitrogens with zero attached hydrogens (tertiary/aromatic N) is 2. The summed E-state index contributed by atoms with van der Waals surface area (Å²) >= 11 is 0. The first-order valence-electron chi connectivity index (χ1n) is 10.7. The Morgan fingerprint density at radius 1 is 1.19 bits per heavy atom. The Bertz CT molecular complexity index is 1300. The second kappa shape index (κ2) is 8.11. The molecular formula is C26H24FN3O2. The summed E-state index contributed by atoms with van der Waals surface area (Å²) in [6, 6.07) is 17.0. The number of aryl methyl sites for hydroxylation is 1. The van der Waals surface area contributed by atoms with Crippen LogP contribution in [0.15, 0.2) is 60.8 Å². The van der Waals surface area contributed by atoms with Crippen molar-refractivity contribution in [3.63, 3.8) is 0 Å². The number of fused-ring (bicyclic) bond motifs is 1. The molecule has 32 heavy (non-hydrogen) atoms. The van der Waals surface area contributed by atoms with Gasteiger partial charge in [-0.1, -0.05) is 30.3 Å². The number of rotatable bonds is 6. The number of H-pyrrole nitrogens is 1. The summed E-state index contributed by atoms with van der Waals surface area (Å²) in [6.45, 7) is 1.97. The first-order chi connectivity index (χ1) is 15.5. The molecule has 0 aliphatic heterocycles. The van der Waals surface area contributed by atoms with E-state index in [0.29, 0.717) is 22.4 Å². The van der Waals surface area contributed by atoms with E-state index in [4.69, 9.17) is 4.74 Å². The lowest BCUT2D eigenvalue weighted by Crippen LogP contribution is -2.27. The van der Waals surface area contributed by atoms with Crippen LogP contribution in [0.2, 0.25) is 0 Å². The zero-order valence-electron chi connectivity index (χ0n) is 18.1. The minimum absolute atomic E-state index is 0.128. The van der Waals surface area contributed by atoms with Crippen molar-refractivity contribution in [1.29, 1.82) is 0 Å². The maximum atomic E-state index is 14.7. The molecule has 1 fully saturated rings. The Morgan fingerprint density at radius 3 is 2.72 bits per heavy atom. The Labute approximate surface area is 185 Å². The quantitative estimate of drug-likeness (QED) is 0.441. The van der Waals surface area contributed by atoms with E-state index in [0.717, 1.165) is 34.9 Å². The fourth-order valence-corrected chi connectivity index (χ4v) is 3.95. The van der Waals surface area contributed by atoms with E-state index >= 15 is 0 Å². The molecule has 1 saturated carbocycles. The first kappa shape index (κ1) is 20.2. The number of halogens is 1. The van der Waals surface area contributed by atoms with E-state index < -0.39 is 0 Å². The Hall–Kier alpha value is -3.67. The van der Waals surface area contributed by atoms with Crippen molar-refractivity contribution in [1.82, 2.24) is 15.1 Å². The highest BCUT2D eigenvalue weighted by atomic mass is 19.1. The lowest BCUT2D eigenvalue weighted by atomic mass is 10.0. The third kappa shape index (κ3) is 3.84. The summed E-state index contributed by atoms with van der Waals surface area (Å²) in [5, 5.41) is 7.77. The molecule has 1 amide bonds. The number of aromatic amines is 1. The molecule has 0 bridgehead atoms. The molecule has 6 heteroatoms. The Morgan fingerprint density at radius 2 is 1.97 bits per heavy atom. The molecule has 0 saturated heterocycles. The molecule has 0 radical (unpaired) electrons. The van der Waals surface area contributed by atoms with Gasteiger partial charge in [0.05, 0.1) is 24.4 Å². The molecule has 1 aromatic heterocycles. The molecule has 1 aliphatic rings. The van der Waals surface area contributed by atoms with Crippen molar-refractivity contribution in [2.45, 2.75) is 32.4 Å². The number of benzene rings is 3. The van der Waals surface area contributed by atoms with Gasteiger partial charge in [0.25, 0.3) is 5.91 Å². The fraction of sp³-hybridized carbons (Fsp3) is 0.231. The van der Waals surface area contributed by atoms with Crippen molar-refractivity contribution < 1.29 is 13.9 Å². The average molecular weight is 429 g/mol. The van der Waals surface area contributed by atoms with Gasteiger partial charge in [-0.25, -0.2) is 4.39 Å². The minimum atomic E-state index is -0.351. The fourth-order valence-electron chi connectivity index (χ4n) is 3.95. The van der Waals surface area contributed by atoms with E-state index in [1.807, 2.05) is 43.3 Å². The number of nitrogens with one attached hydrogen (secondary N) is 1. The van der Waals surface area contributed by atoms with Gasteiger partial charge in [0.2, 0.25) is 0 Å². The molecule has 3 aromatic carbocycles. The molecular weight excluding hydrogens is 405 g/mol. The summed E-state index contributed by atoms with van der Waals surface area (Å²) < 4.78 is 20.9. The normalized spacial score (nSPS) is 13.3. The first-order valence-corrected chi connectivity index (χ1v) is 10.7. The summed E-state index contributed by atoms with van der Waals surface area (Å²) in [7, 11) is 1.68. The van der Waals surface area contributed by atoms with Gasteiger partial charge in [-0.05, 0) is 55.2 Å².